The quantitative estimate of drug-likeness (QED) is 0.1000. The molecule has 0 radical (unpaired) electrons. The number of thiophene rings is 2. The van der Waals surface area contributed by atoms with Crippen molar-refractivity contribution in [2.75, 3.05) is 27.4 Å². The first-order valence-corrected chi connectivity index (χ1v) is 15.2. The molecule has 0 spiro atoms. The smallest absolute Gasteiger partial charge is 0.303 e. The molecular formula is C31H30F2O9S2. The number of hydrogen-bond donors (Lipinski definition) is 1. The van der Waals surface area contributed by atoms with Gasteiger partial charge in [-0.05, 0) is 19.1 Å². The minimum atomic E-state index is -1.10. The van der Waals surface area contributed by atoms with Crippen LogP contribution < -0.4 is 18.9 Å². The highest BCUT2D eigenvalue weighted by atomic mass is 32.1. The lowest BCUT2D eigenvalue weighted by atomic mass is 10.00. The van der Waals surface area contributed by atoms with E-state index in [1.807, 2.05) is 0 Å². The summed E-state index contributed by atoms with van der Waals surface area (Å²) < 4.78 is 53.8. The maximum atomic E-state index is 15.5. The number of methoxy groups -OCH3 is 2. The molecule has 0 aliphatic carbocycles. The van der Waals surface area contributed by atoms with E-state index in [0.29, 0.717) is 14.3 Å². The van der Waals surface area contributed by atoms with Crippen LogP contribution in [0.4, 0.5) is 8.78 Å². The predicted octanol–water partition coefficient (Wildman–Crippen LogP) is 7.10. The number of ether oxygens (including phenoxy) is 4. The molecule has 0 amide bonds. The number of benzene rings is 2. The number of carboxylic acid groups (broad SMARTS) is 1. The second kappa shape index (κ2) is 14.1. The summed E-state index contributed by atoms with van der Waals surface area (Å²) in [6.07, 6.45) is -0.273. The summed E-state index contributed by atoms with van der Waals surface area (Å²) in [5.74, 6) is -3.78. The lowest BCUT2D eigenvalue weighted by Gasteiger charge is -2.14. The number of aliphatic carboxylic acids is 1. The first-order chi connectivity index (χ1) is 20.9. The van der Waals surface area contributed by atoms with Crippen molar-refractivity contribution in [1.82, 2.24) is 0 Å². The lowest BCUT2D eigenvalue weighted by Crippen LogP contribution is -2.11. The van der Waals surface area contributed by atoms with Gasteiger partial charge in [-0.3, -0.25) is 19.2 Å². The van der Waals surface area contributed by atoms with Gasteiger partial charge in [0.25, 0.3) is 0 Å². The number of halogens is 2. The maximum Gasteiger partial charge on any atom is 0.303 e. The molecule has 0 saturated carbocycles. The van der Waals surface area contributed by atoms with Gasteiger partial charge < -0.3 is 24.1 Å². The second-order valence-electron chi connectivity index (χ2n) is 10.00. The molecule has 0 aliphatic rings. The molecule has 0 aliphatic heterocycles. The fourth-order valence-electron chi connectivity index (χ4n) is 4.32. The number of rotatable bonds is 16. The standard InChI is InChI=1S/C31H30F2O9S2/c1-15(16(2)34)10-20(36)26-12-18-24(44-26)14-22(40-4)31(29(18)33)42-9-5-8-41-30-21(39-3)13-23-17(28(30)32)11-25(43-23)19(35)6-7-27(37)38/h11-15H,5-10H2,1-4H3,(H,37,38)/t15-/m0/s1. The third kappa shape index (κ3) is 7.16. The molecule has 1 atom stereocenters. The first-order valence-electron chi connectivity index (χ1n) is 13.6. The Morgan fingerprint density at radius 3 is 1.70 bits per heavy atom. The van der Waals surface area contributed by atoms with E-state index in [1.165, 1.54) is 33.3 Å². The van der Waals surface area contributed by atoms with Gasteiger partial charge in [0, 0.05) is 57.5 Å². The van der Waals surface area contributed by atoms with Crippen LogP contribution in [-0.2, 0) is 9.59 Å². The van der Waals surface area contributed by atoms with Crippen LogP contribution >= 0.6 is 22.7 Å². The van der Waals surface area contributed by atoms with Gasteiger partial charge in [0.15, 0.2) is 46.2 Å². The molecule has 44 heavy (non-hydrogen) atoms. The van der Waals surface area contributed by atoms with Crippen LogP contribution in [0.2, 0.25) is 0 Å². The zero-order valence-corrected chi connectivity index (χ0v) is 26.0. The third-order valence-electron chi connectivity index (χ3n) is 6.89. The van der Waals surface area contributed by atoms with Gasteiger partial charge in [-0.2, -0.15) is 0 Å². The van der Waals surface area contributed by atoms with Gasteiger partial charge in [0.05, 0.1) is 43.6 Å². The molecule has 0 unspecified atom stereocenters. The van der Waals surface area contributed by atoms with Crippen molar-refractivity contribution >= 4 is 66.2 Å². The number of fused-ring (bicyclic) bond motifs is 2. The van der Waals surface area contributed by atoms with Gasteiger partial charge in [-0.1, -0.05) is 6.92 Å². The summed E-state index contributed by atoms with van der Waals surface area (Å²) >= 11 is 2.14. The highest BCUT2D eigenvalue weighted by Crippen LogP contribution is 2.42. The van der Waals surface area contributed by atoms with Crippen LogP contribution in [0.25, 0.3) is 20.2 Å². The van der Waals surface area contributed by atoms with Crippen molar-refractivity contribution in [1.29, 1.82) is 0 Å². The van der Waals surface area contributed by atoms with Gasteiger partial charge in [0.1, 0.15) is 5.78 Å². The van der Waals surface area contributed by atoms with Gasteiger partial charge >= 0.3 is 5.97 Å². The fraction of sp³-hybridized carbons (Fsp3) is 0.355. The van der Waals surface area contributed by atoms with Crippen LogP contribution in [0.15, 0.2) is 24.3 Å². The highest BCUT2D eigenvalue weighted by molar-refractivity contribution is 7.21. The van der Waals surface area contributed by atoms with Gasteiger partial charge in [-0.25, -0.2) is 8.78 Å². The summed E-state index contributed by atoms with van der Waals surface area (Å²) in [7, 11) is 2.72. The van der Waals surface area contributed by atoms with Gasteiger partial charge in [-0.15, -0.1) is 22.7 Å². The topological polar surface area (TPSA) is 125 Å². The van der Waals surface area contributed by atoms with Crippen LogP contribution in [-0.4, -0.2) is 55.9 Å². The van der Waals surface area contributed by atoms with Crippen LogP contribution in [0.3, 0.4) is 0 Å². The van der Waals surface area contributed by atoms with Gasteiger partial charge in [0.2, 0.25) is 0 Å². The Morgan fingerprint density at radius 2 is 1.27 bits per heavy atom. The van der Waals surface area contributed by atoms with E-state index in [0.717, 1.165) is 22.7 Å². The number of carbonyl (C=O) groups excluding carboxylic acids is 3. The second-order valence-corrected chi connectivity index (χ2v) is 12.2. The van der Waals surface area contributed by atoms with Crippen molar-refractivity contribution in [2.24, 2.45) is 5.92 Å². The van der Waals surface area contributed by atoms with Crippen LogP contribution in [0.1, 0.15) is 58.9 Å². The molecule has 4 aromatic rings. The van der Waals surface area contributed by atoms with Crippen molar-refractivity contribution in [3.8, 4) is 23.0 Å². The average Bonchev–Trinajstić information content (AvgIpc) is 3.62. The predicted molar refractivity (Wildman–Crippen MR) is 162 cm³/mol. The van der Waals surface area contributed by atoms with E-state index in [4.69, 9.17) is 24.1 Å². The fourth-order valence-corrected chi connectivity index (χ4v) is 6.41. The molecule has 1 N–H and O–H groups in total. The SMILES string of the molecule is COc1cc2sc(C(=O)CCC(=O)O)cc2c(F)c1OCCCOc1c(OC)cc2sc(C(=O)C[C@H](C)C(C)=O)cc2c1F. The Hall–Kier alpha value is -4.10. The van der Waals surface area contributed by atoms with Crippen LogP contribution in [0, 0.1) is 17.6 Å². The van der Waals surface area contributed by atoms with Crippen LogP contribution in [0.5, 0.6) is 23.0 Å². The Balaban J connectivity index is 1.44. The number of carboxylic acids is 1. The lowest BCUT2D eigenvalue weighted by molar-refractivity contribution is -0.137. The Kier molecular flexibility index (Phi) is 10.5. The summed E-state index contributed by atoms with van der Waals surface area (Å²) in [5.41, 5.74) is 0. The highest BCUT2D eigenvalue weighted by Gasteiger charge is 2.23. The molecule has 9 nitrogen and oxygen atoms in total. The molecule has 0 bridgehead atoms. The molecule has 4 rings (SSSR count). The van der Waals surface area contributed by atoms with E-state index in [-0.39, 0.29) is 89.1 Å². The number of carbonyl (C=O) groups is 4. The number of Topliss-reactive ketones (excluding diaryl/α,β-unsaturated/α-hetero) is 3. The Bertz CT molecular complexity index is 1740. The number of ketones is 3. The molecule has 0 saturated heterocycles. The largest absolute Gasteiger partial charge is 0.493 e. The summed E-state index contributed by atoms with van der Waals surface area (Å²) in [4.78, 5) is 47.9. The molecular weight excluding hydrogens is 618 g/mol. The first kappa shape index (κ1) is 32.8. The monoisotopic (exact) mass is 648 g/mol. The van der Waals surface area contributed by atoms with E-state index in [2.05, 4.69) is 0 Å². The van der Waals surface area contributed by atoms with E-state index < -0.39 is 29.3 Å². The third-order valence-corrected chi connectivity index (χ3v) is 9.13. The minimum absolute atomic E-state index is 0.0162. The van der Waals surface area contributed by atoms with E-state index in [1.54, 1.807) is 19.1 Å². The molecule has 2 heterocycles. The molecule has 0 fully saturated rings. The minimum Gasteiger partial charge on any atom is -0.493 e. The zero-order valence-electron chi connectivity index (χ0n) is 24.4. The van der Waals surface area contributed by atoms with E-state index in [9.17, 15) is 19.2 Å². The number of hydrogen-bond acceptors (Lipinski definition) is 10. The molecule has 2 aromatic carbocycles. The zero-order chi connectivity index (χ0) is 32.1. The van der Waals surface area contributed by atoms with Crippen molar-refractivity contribution in [2.45, 2.75) is 39.5 Å². The summed E-state index contributed by atoms with van der Waals surface area (Å²) in [5, 5.41) is 9.16. The molecule has 234 valence electrons. The van der Waals surface area contributed by atoms with Crippen molar-refractivity contribution in [3.63, 3.8) is 0 Å². The normalized spacial score (nSPS) is 11.9. The van der Waals surface area contributed by atoms with E-state index >= 15 is 8.78 Å². The average molecular weight is 649 g/mol. The molecule has 13 heteroatoms. The van der Waals surface area contributed by atoms with Crippen molar-refractivity contribution in [3.05, 3.63) is 45.7 Å². The molecule has 2 aromatic heterocycles. The summed E-state index contributed by atoms with van der Waals surface area (Å²) in [6.45, 7) is 3.05. The Morgan fingerprint density at radius 1 is 0.795 bits per heavy atom. The summed E-state index contributed by atoms with van der Waals surface area (Å²) in [6, 6.07) is 5.93. The Labute approximate surface area is 259 Å². The maximum absolute atomic E-state index is 15.5. The van der Waals surface area contributed by atoms with Crippen molar-refractivity contribution < 1.29 is 52.0 Å².